The molecule has 2 unspecified atom stereocenters. The van der Waals surface area contributed by atoms with Crippen LogP contribution in [0.25, 0.3) is 0 Å². The lowest BCUT2D eigenvalue weighted by atomic mass is 9.88. The average molecular weight is 504 g/mol. The fourth-order valence-corrected chi connectivity index (χ4v) is 3.70. The van der Waals surface area contributed by atoms with E-state index in [1.807, 2.05) is 0 Å². The number of hydrogen-bond donors (Lipinski definition) is 12. The lowest BCUT2D eigenvalue weighted by Gasteiger charge is -2.46. The van der Waals surface area contributed by atoms with Crippen LogP contribution in [0.15, 0.2) is 0 Å². The Morgan fingerprint density at radius 2 is 1.35 bits per heavy atom. The van der Waals surface area contributed by atoms with Crippen molar-refractivity contribution in [1.82, 2.24) is 0 Å². The predicted molar refractivity (Wildman–Crippen MR) is 103 cm³/mol. The number of aliphatic hydroxyl groups is 12. The molecule has 0 saturated carbocycles. The Morgan fingerprint density at radius 3 is 1.88 bits per heavy atom. The van der Waals surface area contributed by atoms with Gasteiger partial charge >= 0.3 is 0 Å². The van der Waals surface area contributed by atoms with Crippen LogP contribution in [0.5, 0.6) is 0 Å². The fourth-order valence-electron chi connectivity index (χ4n) is 3.70. The van der Waals surface area contributed by atoms with Gasteiger partial charge in [0.2, 0.25) is 0 Å². The normalized spacial score (nSPS) is 42.6. The molecule has 2 aliphatic heterocycles. The molecule has 0 amide bonds. The highest BCUT2D eigenvalue weighted by atomic mass is 16.7. The molecule has 34 heavy (non-hydrogen) atoms. The van der Waals surface area contributed by atoms with Gasteiger partial charge in [-0.05, 0) is 0 Å². The second-order valence-corrected chi connectivity index (χ2v) is 8.13. The Hall–Kier alpha value is -0.930. The number of carbonyl (C=O) groups is 1. The van der Waals surface area contributed by atoms with E-state index in [1.165, 1.54) is 0 Å². The summed E-state index contributed by atoms with van der Waals surface area (Å²) in [5, 5.41) is 117. The molecule has 2 fully saturated rings. The van der Waals surface area contributed by atoms with E-state index in [4.69, 9.17) is 19.3 Å². The Balaban J connectivity index is 2.15. The minimum absolute atomic E-state index is 0.782. The standard InChI is InChI=1S/C18H32O16/c19-1-4(22)7(23)9(25)11(27)12(28)17-14(30)13(29)16(6(3-21)32-17)34-18-15(31)10(26)8(24)5(2-20)33-18/h4-10,12-26,28-31H,1-3H2/t4-,5-,6-,7-,8+,9+,10+,12?,13-,14-,15-,16-,17?,18+/m1/s1. The topological polar surface area (TPSA) is 288 Å². The maximum Gasteiger partial charge on any atom is 0.195 e. The van der Waals surface area contributed by atoms with E-state index < -0.39 is 111 Å². The molecule has 16 nitrogen and oxygen atoms in total. The van der Waals surface area contributed by atoms with Crippen molar-refractivity contribution in [2.75, 3.05) is 19.8 Å². The van der Waals surface area contributed by atoms with Crippen molar-refractivity contribution in [1.29, 1.82) is 0 Å². The molecular formula is C18H32O16. The van der Waals surface area contributed by atoms with Crippen LogP contribution < -0.4 is 0 Å². The number of aliphatic hydroxyl groups excluding tert-OH is 12. The SMILES string of the molecule is O=C(C(O)C1O[C@H](CO)[C@@H](O[C@@H]2O[C@H](CO)[C@H](O)[C@H](O)[C@H]2O)[C@H](O)[C@H]1O)[C@@H](O)[C@H](O)[C@H](O)CO. The zero-order valence-corrected chi connectivity index (χ0v) is 17.7. The summed E-state index contributed by atoms with van der Waals surface area (Å²) in [5.41, 5.74) is 0. The van der Waals surface area contributed by atoms with Gasteiger partial charge in [-0.3, -0.25) is 4.79 Å². The van der Waals surface area contributed by atoms with Crippen LogP contribution >= 0.6 is 0 Å². The first-order valence-electron chi connectivity index (χ1n) is 10.4. The first kappa shape index (κ1) is 29.3. The van der Waals surface area contributed by atoms with E-state index in [-0.39, 0.29) is 0 Å². The van der Waals surface area contributed by atoms with Crippen LogP contribution in [0, 0.1) is 0 Å². The molecule has 0 bridgehead atoms. The Kier molecular flexibility index (Phi) is 10.6. The van der Waals surface area contributed by atoms with Crippen LogP contribution in [0.2, 0.25) is 0 Å². The third-order valence-electron chi connectivity index (χ3n) is 5.84. The molecule has 12 N–H and O–H groups in total. The lowest BCUT2D eigenvalue weighted by molar-refractivity contribution is -0.344. The summed E-state index contributed by atoms with van der Waals surface area (Å²) in [4.78, 5) is 12.3. The molecule has 0 aromatic heterocycles. The van der Waals surface area contributed by atoms with Crippen LogP contribution in [-0.4, -0.2) is 173 Å². The van der Waals surface area contributed by atoms with Crippen molar-refractivity contribution in [3.63, 3.8) is 0 Å². The van der Waals surface area contributed by atoms with E-state index in [1.54, 1.807) is 0 Å². The lowest BCUT2D eigenvalue weighted by Crippen LogP contribution is -2.66. The summed E-state index contributed by atoms with van der Waals surface area (Å²) in [7, 11) is 0. The third kappa shape index (κ3) is 5.89. The molecule has 0 aromatic carbocycles. The van der Waals surface area contributed by atoms with Gasteiger partial charge in [0.15, 0.2) is 12.1 Å². The first-order chi connectivity index (χ1) is 15.9. The van der Waals surface area contributed by atoms with E-state index in [2.05, 4.69) is 0 Å². The Bertz CT molecular complexity index is 647. The molecule has 2 heterocycles. The largest absolute Gasteiger partial charge is 0.394 e. The van der Waals surface area contributed by atoms with Crippen LogP contribution in [0.3, 0.4) is 0 Å². The third-order valence-corrected chi connectivity index (χ3v) is 5.84. The summed E-state index contributed by atoms with van der Waals surface area (Å²) in [6.45, 7) is -2.74. The van der Waals surface area contributed by atoms with Crippen molar-refractivity contribution in [2.24, 2.45) is 0 Å². The summed E-state index contributed by atoms with van der Waals surface area (Å²) in [6.07, 6.45) is -26.9. The number of Topliss-reactive ketones (excluding diaryl/α,β-unsaturated/α-hetero) is 1. The number of ketones is 1. The molecule has 0 radical (unpaired) electrons. The van der Waals surface area contributed by atoms with Crippen molar-refractivity contribution < 1.29 is 80.3 Å². The summed E-state index contributed by atoms with van der Waals surface area (Å²) in [5.74, 6) is -1.54. The Morgan fingerprint density at radius 1 is 0.765 bits per heavy atom. The van der Waals surface area contributed by atoms with Gasteiger partial charge < -0.3 is 75.5 Å². The highest BCUT2D eigenvalue weighted by molar-refractivity contribution is 5.88. The van der Waals surface area contributed by atoms with Gasteiger partial charge in [0.1, 0.15) is 79.4 Å². The highest BCUT2D eigenvalue weighted by Crippen LogP contribution is 2.30. The summed E-state index contributed by atoms with van der Waals surface area (Å²) < 4.78 is 15.7. The van der Waals surface area contributed by atoms with Gasteiger partial charge in [0.05, 0.1) is 19.8 Å². The molecule has 200 valence electrons. The maximum atomic E-state index is 12.3. The highest BCUT2D eigenvalue weighted by Gasteiger charge is 2.53. The molecule has 2 rings (SSSR count). The zero-order valence-electron chi connectivity index (χ0n) is 17.7. The van der Waals surface area contributed by atoms with E-state index >= 15 is 0 Å². The first-order valence-corrected chi connectivity index (χ1v) is 10.4. The molecule has 0 aromatic rings. The minimum atomic E-state index is -2.42. The fraction of sp³-hybridized carbons (Fsp3) is 0.944. The van der Waals surface area contributed by atoms with Gasteiger partial charge in [-0.25, -0.2) is 0 Å². The number of carbonyl (C=O) groups excluding carboxylic acids is 1. The zero-order chi connectivity index (χ0) is 25.9. The summed E-state index contributed by atoms with van der Waals surface area (Å²) >= 11 is 0. The van der Waals surface area contributed by atoms with Crippen LogP contribution in [0.1, 0.15) is 0 Å². The second kappa shape index (κ2) is 12.3. The van der Waals surface area contributed by atoms with Crippen LogP contribution in [0.4, 0.5) is 0 Å². The molecule has 14 atom stereocenters. The number of rotatable bonds is 10. The molecular weight excluding hydrogens is 472 g/mol. The monoisotopic (exact) mass is 504 g/mol. The molecule has 0 spiro atoms. The van der Waals surface area contributed by atoms with Crippen LogP contribution in [-0.2, 0) is 19.0 Å². The number of ether oxygens (including phenoxy) is 3. The van der Waals surface area contributed by atoms with Crippen molar-refractivity contribution in [3.05, 3.63) is 0 Å². The van der Waals surface area contributed by atoms with Gasteiger partial charge in [-0.1, -0.05) is 0 Å². The summed E-state index contributed by atoms with van der Waals surface area (Å²) in [6, 6.07) is 0. The molecule has 16 heteroatoms. The molecule has 2 saturated heterocycles. The average Bonchev–Trinajstić information content (AvgIpc) is 2.84. The predicted octanol–water partition coefficient (Wildman–Crippen LogP) is -8.34. The van der Waals surface area contributed by atoms with Gasteiger partial charge in [-0.15, -0.1) is 0 Å². The Labute approximate surface area is 192 Å². The number of hydrogen-bond acceptors (Lipinski definition) is 16. The minimum Gasteiger partial charge on any atom is -0.394 e. The van der Waals surface area contributed by atoms with Gasteiger partial charge in [0.25, 0.3) is 0 Å². The van der Waals surface area contributed by atoms with E-state index in [0.29, 0.717) is 0 Å². The maximum absolute atomic E-state index is 12.3. The smallest absolute Gasteiger partial charge is 0.195 e. The van der Waals surface area contributed by atoms with Gasteiger partial charge in [-0.2, -0.15) is 0 Å². The van der Waals surface area contributed by atoms with E-state index in [0.717, 1.165) is 0 Å². The molecule has 0 aliphatic carbocycles. The van der Waals surface area contributed by atoms with Crippen molar-refractivity contribution >= 4 is 5.78 Å². The quantitative estimate of drug-likeness (QED) is 0.131. The molecule has 2 aliphatic rings. The second-order valence-electron chi connectivity index (χ2n) is 8.13. The van der Waals surface area contributed by atoms with Crippen molar-refractivity contribution in [2.45, 2.75) is 85.6 Å². The van der Waals surface area contributed by atoms with Crippen molar-refractivity contribution in [3.8, 4) is 0 Å². The van der Waals surface area contributed by atoms with E-state index in [9.17, 15) is 61.0 Å². The van der Waals surface area contributed by atoms with Gasteiger partial charge in [0, 0.05) is 0 Å².